The Labute approximate surface area is 104 Å². The smallest absolute Gasteiger partial charge is 0.120 e. The Morgan fingerprint density at radius 1 is 1.24 bits per heavy atom. The number of hydrogen-bond acceptors (Lipinski definition) is 3. The molecule has 1 radical (unpaired) electrons. The minimum Gasteiger partial charge on any atom is -0.497 e. The molecule has 93 valence electrons. The van der Waals surface area contributed by atoms with E-state index in [2.05, 4.69) is 41.5 Å². The summed E-state index contributed by atoms with van der Waals surface area (Å²) >= 11 is 0. The average molecular weight is 233 g/mol. The van der Waals surface area contributed by atoms with Gasteiger partial charge in [-0.25, -0.2) is 0 Å². The summed E-state index contributed by atoms with van der Waals surface area (Å²) in [7, 11) is 1.72. The van der Waals surface area contributed by atoms with Crippen molar-refractivity contribution in [1.82, 2.24) is 4.90 Å². The van der Waals surface area contributed by atoms with Gasteiger partial charge in [0.1, 0.15) is 5.75 Å². The summed E-state index contributed by atoms with van der Waals surface area (Å²) in [6.45, 7) is 8.89. The SMILES string of the molecule is CC[CH]N1CCN(c2cccc(OC)c2)CC1. The number of benzene rings is 1. The van der Waals surface area contributed by atoms with Crippen molar-refractivity contribution in [2.24, 2.45) is 0 Å². The van der Waals surface area contributed by atoms with E-state index in [1.165, 1.54) is 5.69 Å². The van der Waals surface area contributed by atoms with E-state index < -0.39 is 0 Å². The maximum atomic E-state index is 5.26. The van der Waals surface area contributed by atoms with E-state index in [0.29, 0.717) is 0 Å². The highest BCUT2D eigenvalue weighted by atomic mass is 16.5. The minimum atomic E-state index is 0.935. The van der Waals surface area contributed by atoms with Gasteiger partial charge in [-0.1, -0.05) is 13.0 Å². The van der Waals surface area contributed by atoms with Gasteiger partial charge in [0.05, 0.1) is 7.11 Å². The topological polar surface area (TPSA) is 15.7 Å². The Morgan fingerprint density at radius 2 is 2.00 bits per heavy atom. The Kier molecular flexibility index (Phi) is 4.26. The van der Waals surface area contributed by atoms with Crippen molar-refractivity contribution in [3.05, 3.63) is 30.8 Å². The number of ether oxygens (including phenoxy) is 1. The summed E-state index contributed by atoms with van der Waals surface area (Å²) in [4.78, 5) is 4.83. The third kappa shape index (κ3) is 3.13. The molecule has 3 heteroatoms. The maximum Gasteiger partial charge on any atom is 0.120 e. The fourth-order valence-corrected chi connectivity index (χ4v) is 2.23. The molecule has 0 atom stereocenters. The molecule has 1 aromatic rings. The highest BCUT2D eigenvalue weighted by Crippen LogP contribution is 2.22. The van der Waals surface area contributed by atoms with Crippen molar-refractivity contribution in [2.45, 2.75) is 13.3 Å². The second kappa shape index (κ2) is 5.92. The molecule has 0 unspecified atom stereocenters. The van der Waals surface area contributed by atoms with Crippen LogP contribution >= 0.6 is 0 Å². The molecule has 1 aliphatic rings. The molecule has 1 saturated heterocycles. The standard InChI is InChI=1S/C14H21N2O/c1-3-7-15-8-10-16(11-9-15)13-5-4-6-14(12-13)17-2/h4-7,12H,3,8-11H2,1-2H3. The van der Waals surface area contributed by atoms with Crippen molar-refractivity contribution in [3.8, 4) is 5.75 Å². The summed E-state index contributed by atoms with van der Waals surface area (Å²) in [6, 6.07) is 8.31. The van der Waals surface area contributed by atoms with Crippen LogP contribution in [0.1, 0.15) is 13.3 Å². The van der Waals surface area contributed by atoms with Gasteiger partial charge in [0, 0.05) is 44.5 Å². The molecule has 1 heterocycles. The molecule has 0 aliphatic carbocycles. The first-order valence-electron chi connectivity index (χ1n) is 6.30. The van der Waals surface area contributed by atoms with Gasteiger partial charge < -0.3 is 9.64 Å². The highest BCUT2D eigenvalue weighted by Gasteiger charge is 2.16. The first-order valence-corrected chi connectivity index (χ1v) is 6.30. The van der Waals surface area contributed by atoms with Crippen LogP contribution in [0.15, 0.2) is 24.3 Å². The van der Waals surface area contributed by atoms with Gasteiger partial charge in [0.25, 0.3) is 0 Å². The Bertz CT molecular complexity index is 346. The molecule has 1 fully saturated rings. The Morgan fingerprint density at radius 3 is 2.65 bits per heavy atom. The average Bonchev–Trinajstić information content (AvgIpc) is 2.40. The fraction of sp³-hybridized carbons (Fsp3) is 0.500. The molecule has 2 rings (SSSR count). The predicted molar refractivity (Wildman–Crippen MR) is 71.4 cm³/mol. The zero-order chi connectivity index (χ0) is 12.1. The zero-order valence-electron chi connectivity index (χ0n) is 10.7. The van der Waals surface area contributed by atoms with Crippen LogP contribution in [0.25, 0.3) is 0 Å². The summed E-state index contributed by atoms with van der Waals surface area (Å²) < 4.78 is 5.26. The summed E-state index contributed by atoms with van der Waals surface area (Å²) in [6.07, 6.45) is 1.12. The van der Waals surface area contributed by atoms with Crippen LogP contribution in [0.4, 0.5) is 5.69 Å². The van der Waals surface area contributed by atoms with Gasteiger partial charge in [-0.05, 0) is 18.6 Å². The van der Waals surface area contributed by atoms with Crippen LogP contribution in [0.5, 0.6) is 5.75 Å². The number of hydrogen-bond donors (Lipinski definition) is 0. The van der Waals surface area contributed by atoms with E-state index >= 15 is 0 Å². The largest absolute Gasteiger partial charge is 0.497 e. The summed E-state index contributed by atoms with van der Waals surface area (Å²) in [5, 5.41) is 0. The Balaban J connectivity index is 1.95. The number of piperazine rings is 1. The molecule has 0 spiro atoms. The molecule has 0 saturated carbocycles. The monoisotopic (exact) mass is 233 g/mol. The van der Waals surface area contributed by atoms with E-state index in [1.54, 1.807) is 7.11 Å². The lowest BCUT2D eigenvalue weighted by Crippen LogP contribution is -2.45. The first kappa shape index (κ1) is 12.2. The van der Waals surface area contributed by atoms with Crippen LogP contribution in [-0.4, -0.2) is 38.2 Å². The maximum absolute atomic E-state index is 5.26. The second-order valence-corrected chi connectivity index (χ2v) is 4.32. The van der Waals surface area contributed by atoms with Gasteiger partial charge >= 0.3 is 0 Å². The van der Waals surface area contributed by atoms with Crippen molar-refractivity contribution < 1.29 is 4.74 Å². The highest BCUT2D eigenvalue weighted by molar-refractivity contribution is 5.51. The predicted octanol–water partition coefficient (Wildman–Crippen LogP) is 2.39. The lowest BCUT2D eigenvalue weighted by Gasteiger charge is -2.35. The molecule has 0 bridgehead atoms. The molecule has 1 aromatic carbocycles. The van der Waals surface area contributed by atoms with Crippen LogP contribution < -0.4 is 9.64 Å². The van der Waals surface area contributed by atoms with Crippen molar-refractivity contribution >= 4 is 5.69 Å². The normalized spacial score (nSPS) is 17.2. The first-order chi connectivity index (χ1) is 8.33. The van der Waals surface area contributed by atoms with E-state index in [0.717, 1.165) is 38.3 Å². The molecule has 1 aliphatic heterocycles. The van der Waals surface area contributed by atoms with Gasteiger partial charge in [-0.2, -0.15) is 0 Å². The van der Waals surface area contributed by atoms with Crippen LogP contribution in [0.3, 0.4) is 0 Å². The van der Waals surface area contributed by atoms with Gasteiger partial charge in [-0.3, -0.25) is 4.90 Å². The summed E-state index contributed by atoms with van der Waals surface area (Å²) in [5.41, 5.74) is 1.26. The second-order valence-electron chi connectivity index (χ2n) is 4.32. The van der Waals surface area contributed by atoms with Gasteiger partial charge in [0.15, 0.2) is 0 Å². The summed E-state index contributed by atoms with van der Waals surface area (Å²) in [5.74, 6) is 0.935. The third-order valence-electron chi connectivity index (χ3n) is 3.17. The molecular weight excluding hydrogens is 212 g/mol. The quantitative estimate of drug-likeness (QED) is 0.794. The van der Waals surface area contributed by atoms with E-state index in [4.69, 9.17) is 4.74 Å². The van der Waals surface area contributed by atoms with Crippen molar-refractivity contribution in [3.63, 3.8) is 0 Å². The Hall–Kier alpha value is -1.22. The minimum absolute atomic E-state index is 0.935. The zero-order valence-corrected chi connectivity index (χ0v) is 10.7. The lowest BCUT2D eigenvalue weighted by atomic mass is 10.2. The van der Waals surface area contributed by atoms with Crippen LogP contribution in [0, 0.1) is 6.54 Å². The number of rotatable bonds is 4. The van der Waals surface area contributed by atoms with Gasteiger partial charge in [-0.15, -0.1) is 0 Å². The molecule has 17 heavy (non-hydrogen) atoms. The fourth-order valence-electron chi connectivity index (χ4n) is 2.23. The molecular formula is C14H21N2O. The van der Waals surface area contributed by atoms with Crippen LogP contribution in [-0.2, 0) is 0 Å². The van der Waals surface area contributed by atoms with Crippen molar-refractivity contribution in [2.75, 3.05) is 38.2 Å². The molecule has 0 amide bonds. The van der Waals surface area contributed by atoms with E-state index in [1.807, 2.05) is 6.07 Å². The molecule has 0 aromatic heterocycles. The third-order valence-corrected chi connectivity index (χ3v) is 3.17. The molecule has 0 N–H and O–H groups in total. The lowest BCUT2D eigenvalue weighted by molar-refractivity contribution is 0.306. The van der Waals surface area contributed by atoms with Gasteiger partial charge in [0.2, 0.25) is 0 Å². The van der Waals surface area contributed by atoms with E-state index in [-0.39, 0.29) is 0 Å². The van der Waals surface area contributed by atoms with E-state index in [9.17, 15) is 0 Å². The van der Waals surface area contributed by atoms with Crippen molar-refractivity contribution in [1.29, 1.82) is 0 Å². The van der Waals surface area contributed by atoms with Crippen LogP contribution in [0.2, 0.25) is 0 Å². The number of nitrogens with zero attached hydrogens (tertiary/aromatic N) is 2. The number of anilines is 1. The number of methoxy groups -OCH3 is 1. The molecule has 3 nitrogen and oxygen atoms in total.